The van der Waals surface area contributed by atoms with E-state index in [-0.39, 0.29) is 0 Å². The smallest absolute Gasteiger partial charge is 0.256 e. The van der Waals surface area contributed by atoms with E-state index in [2.05, 4.69) is 29.5 Å². The van der Waals surface area contributed by atoms with Crippen LogP contribution < -0.4 is 0 Å². The number of aryl methyl sites for hydroxylation is 1. The minimum Gasteiger partial charge on any atom is -0.256 e. The number of pyridine rings is 2. The van der Waals surface area contributed by atoms with Gasteiger partial charge in [0.15, 0.2) is 0 Å². The van der Waals surface area contributed by atoms with Gasteiger partial charge in [-0.25, -0.2) is 4.42 Å². The molecule has 0 bridgehead atoms. The Labute approximate surface area is 158 Å². The van der Waals surface area contributed by atoms with Crippen LogP contribution in [0.3, 0.4) is 0 Å². The van der Waals surface area contributed by atoms with Gasteiger partial charge >= 0.3 is 11.5 Å². The van der Waals surface area contributed by atoms with Crippen LogP contribution in [0.5, 0.6) is 5.75 Å². The molecule has 0 amide bonds. The van der Waals surface area contributed by atoms with Gasteiger partial charge in [0.2, 0.25) is 0 Å². The van der Waals surface area contributed by atoms with Crippen molar-refractivity contribution in [2.75, 3.05) is 0 Å². The van der Waals surface area contributed by atoms with Crippen molar-refractivity contribution >= 4 is 11.4 Å². The van der Waals surface area contributed by atoms with Crippen LogP contribution in [-0.4, -0.2) is 15.8 Å². The van der Waals surface area contributed by atoms with E-state index in [0.29, 0.717) is 0 Å². The first-order valence-electron chi connectivity index (χ1n) is 8.77. The Kier molecular flexibility index (Phi) is 4.58. The molecule has 1 aliphatic carbocycles. The van der Waals surface area contributed by atoms with E-state index in [1.807, 2.05) is 66.8 Å². The van der Waals surface area contributed by atoms with Crippen molar-refractivity contribution in [3.8, 4) is 17.0 Å². The maximum Gasteiger partial charge on any atom is 0.354 e. The molecule has 0 spiro atoms. The van der Waals surface area contributed by atoms with Crippen LogP contribution in [-0.2, 0) is 4.42 Å². The van der Waals surface area contributed by atoms with E-state index < -0.39 is 0 Å². The number of hydrogen-bond donors (Lipinski definition) is 0. The van der Waals surface area contributed by atoms with Crippen molar-refractivity contribution in [1.29, 1.82) is 0 Å². The van der Waals surface area contributed by atoms with E-state index in [1.54, 1.807) is 12.4 Å². The molecule has 0 radical (unpaired) electrons. The summed E-state index contributed by atoms with van der Waals surface area (Å²) in [7, 11) is 0. The zero-order valence-corrected chi connectivity index (χ0v) is 15.1. The Morgan fingerprint density at radius 2 is 1.59 bits per heavy atom. The zero-order valence-electron chi connectivity index (χ0n) is 15.1. The summed E-state index contributed by atoms with van der Waals surface area (Å²) in [5, 5.41) is 0. The third kappa shape index (κ3) is 3.82. The summed E-state index contributed by atoms with van der Waals surface area (Å²) in [4.78, 5) is 8.85. The van der Waals surface area contributed by atoms with Gasteiger partial charge in [-0.05, 0) is 54.5 Å². The second-order valence-electron chi connectivity index (χ2n) is 6.39. The molecule has 3 aromatic rings. The minimum absolute atomic E-state index is 0.751. The van der Waals surface area contributed by atoms with Gasteiger partial charge < -0.3 is 0 Å². The number of nitrogens with zero attached hydrogens (tertiary/aromatic N) is 2. The fourth-order valence-corrected chi connectivity index (χ4v) is 3.00. The van der Waals surface area contributed by atoms with Gasteiger partial charge in [0.1, 0.15) is 0 Å². The lowest BCUT2D eigenvalue weighted by atomic mass is 9.97. The van der Waals surface area contributed by atoms with Crippen molar-refractivity contribution in [3.05, 3.63) is 109 Å². The Morgan fingerprint density at radius 1 is 0.852 bits per heavy atom. The first-order chi connectivity index (χ1) is 13.2. The van der Waals surface area contributed by atoms with E-state index in [0.717, 1.165) is 45.2 Å². The third-order valence-corrected chi connectivity index (χ3v) is 4.27. The zero-order chi connectivity index (χ0) is 18.6. The summed E-state index contributed by atoms with van der Waals surface area (Å²) in [6.07, 6.45) is 9.44. The summed E-state index contributed by atoms with van der Waals surface area (Å²) in [5.74, 6) is 1.53. The number of allylic oxidation sites excluding steroid dienone is 5. The Morgan fingerprint density at radius 3 is 2.30 bits per heavy atom. The number of rotatable bonds is 3. The molecule has 0 fully saturated rings. The van der Waals surface area contributed by atoms with Gasteiger partial charge in [0.25, 0.3) is 0 Å². The summed E-state index contributed by atoms with van der Waals surface area (Å²) in [6, 6.07) is 17.9. The van der Waals surface area contributed by atoms with Crippen LogP contribution in [0.25, 0.3) is 16.8 Å². The summed E-state index contributed by atoms with van der Waals surface area (Å²) in [5.41, 5.74) is 5.83. The van der Waals surface area contributed by atoms with Crippen LogP contribution in [0.2, 0.25) is 0 Å². The van der Waals surface area contributed by atoms with Crippen LogP contribution in [0, 0.1) is 6.92 Å². The maximum atomic E-state index is 6.16. The first-order valence-corrected chi connectivity index (χ1v) is 8.77. The third-order valence-electron chi connectivity index (χ3n) is 4.27. The lowest BCUT2D eigenvalue weighted by molar-refractivity contribution is -0.364. The average molecular weight is 351 g/mol. The molecule has 2 heterocycles. The van der Waals surface area contributed by atoms with Gasteiger partial charge in [-0.15, -0.1) is 0 Å². The van der Waals surface area contributed by atoms with E-state index in [1.165, 1.54) is 0 Å². The summed E-state index contributed by atoms with van der Waals surface area (Å²) in [6.45, 7) is 6.16. The molecular weight excluding hydrogens is 332 g/mol. The molecular formula is C24H19N2O+. The number of aromatic nitrogens is 2. The van der Waals surface area contributed by atoms with Crippen LogP contribution >= 0.6 is 0 Å². The summed E-state index contributed by atoms with van der Waals surface area (Å²) < 4.78 is 6.16. The first kappa shape index (κ1) is 16.9. The molecule has 0 saturated carbocycles. The maximum absolute atomic E-state index is 6.16. The Bertz CT molecular complexity index is 1080. The second-order valence-corrected chi connectivity index (χ2v) is 6.39. The molecule has 0 atom stereocenters. The van der Waals surface area contributed by atoms with Gasteiger partial charge in [0.05, 0.1) is 23.5 Å². The van der Waals surface area contributed by atoms with Crippen LogP contribution in [0.4, 0.5) is 0 Å². The molecule has 0 unspecified atom stereocenters. The average Bonchev–Trinajstić information content (AvgIpc) is 2.70. The monoisotopic (exact) mass is 351 g/mol. The van der Waals surface area contributed by atoms with Crippen molar-refractivity contribution < 1.29 is 4.42 Å². The van der Waals surface area contributed by atoms with Crippen LogP contribution in [0.1, 0.15) is 11.3 Å². The summed E-state index contributed by atoms with van der Waals surface area (Å²) >= 11 is 0. The van der Waals surface area contributed by atoms with Crippen LogP contribution in [0.15, 0.2) is 97.4 Å². The molecule has 1 aromatic carbocycles. The molecule has 3 heteroatoms. The lowest BCUT2D eigenvalue weighted by Crippen LogP contribution is -2.02. The predicted molar refractivity (Wildman–Crippen MR) is 109 cm³/mol. The highest BCUT2D eigenvalue weighted by atomic mass is 16.4. The van der Waals surface area contributed by atoms with Crippen molar-refractivity contribution in [1.82, 2.24) is 9.97 Å². The fraction of sp³-hybridized carbons (Fsp3) is 0.0417. The van der Waals surface area contributed by atoms with Gasteiger partial charge in [-0.2, -0.15) is 0 Å². The number of carbonyl (C=O) groups excluding carboxylic acids is 1. The number of hydrogen-bond acceptors (Lipinski definition) is 2. The Balaban J connectivity index is 1.73. The SMILES string of the molecule is C=C1C=CC(=[O+]c2cc(C)cc(-c3ccccn3)c2)C=C1c1ccccn1. The number of ketones is 1. The highest BCUT2D eigenvalue weighted by molar-refractivity contribution is 6.10. The second kappa shape index (κ2) is 7.34. The highest BCUT2D eigenvalue weighted by Crippen LogP contribution is 2.27. The Hall–Kier alpha value is -3.59. The molecule has 2 aromatic heterocycles. The number of benzene rings is 1. The molecule has 0 N–H and O–H groups in total. The quantitative estimate of drug-likeness (QED) is 0.586. The molecule has 130 valence electrons. The van der Waals surface area contributed by atoms with E-state index in [9.17, 15) is 0 Å². The van der Waals surface area contributed by atoms with Gasteiger partial charge in [-0.3, -0.25) is 9.97 Å². The van der Waals surface area contributed by atoms with Gasteiger partial charge in [0, 0.05) is 35.7 Å². The molecule has 3 nitrogen and oxygen atoms in total. The molecule has 4 rings (SSSR count). The molecule has 27 heavy (non-hydrogen) atoms. The van der Waals surface area contributed by atoms with E-state index >= 15 is 0 Å². The predicted octanol–water partition coefficient (Wildman–Crippen LogP) is 5.48. The standard InChI is InChI=1S/C24H19N2O/c1-17-13-19(23-7-3-5-11-25-23)15-21(14-17)27-20-10-9-18(2)22(16-20)24-8-4-6-12-26-24/h3-16H,2H2,1H3/q+1. The molecule has 0 saturated heterocycles. The normalized spacial score (nSPS) is 15.1. The van der Waals surface area contributed by atoms with Crippen molar-refractivity contribution in [2.45, 2.75) is 6.92 Å². The van der Waals surface area contributed by atoms with Gasteiger partial charge in [-0.1, -0.05) is 18.7 Å². The van der Waals surface area contributed by atoms with Crippen molar-refractivity contribution in [2.24, 2.45) is 0 Å². The van der Waals surface area contributed by atoms with Crippen molar-refractivity contribution in [3.63, 3.8) is 0 Å². The fourth-order valence-electron chi connectivity index (χ4n) is 3.00. The highest BCUT2D eigenvalue weighted by Gasteiger charge is 2.18. The molecule has 1 aliphatic rings. The molecule has 0 aliphatic heterocycles. The minimum atomic E-state index is 0.751. The lowest BCUT2D eigenvalue weighted by Gasteiger charge is -2.08. The largest absolute Gasteiger partial charge is 0.354 e. The topological polar surface area (TPSA) is 37.1 Å². The van der Waals surface area contributed by atoms with E-state index in [4.69, 9.17) is 4.42 Å².